The van der Waals surface area contributed by atoms with Crippen LogP contribution < -0.4 is 0 Å². The molecule has 0 unspecified atom stereocenters. The fraction of sp³-hybridized carbons (Fsp3) is 0.0588. The zero-order chi connectivity index (χ0) is 17.8. The third-order valence-corrected chi connectivity index (χ3v) is 5.49. The number of thiazole rings is 1. The van der Waals surface area contributed by atoms with Crippen molar-refractivity contribution in [3.05, 3.63) is 74.6 Å². The van der Waals surface area contributed by atoms with E-state index in [1.165, 1.54) is 35.2 Å². The van der Waals surface area contributed by atoms with Gasteiger partial charge in [0, 0.05) is 28.0 Å². The minimum Gasteiger partial charge on any atom is -0.478 e. The van der Waals surface area contributed by atoms with E-state index < -0.39 is 10.9 Å². The van der Waals surface area contributed by atoms with E-state index in [1.54, 1.807) is 36.4 Å². The van der Waals surface area contributed by atoms with E-state index in [0.29, 0.717) is 21.9 Å². The molecule has 0 aliphatic rings. The van der Waals surface area contributed by atoms with E-state index in [1.807, 2.05) is 5.38 Å². The number of carboxylic acid groups (broad SMARTS) is 1. The summed E-state index contributed by atoms with van der Waals surface area (Å²) in [6.07, 6.45) is 0. The summed E-state index contributed by atoms with van der Waals surface area (Å²) in [5.41, 5.74) is 1.66. The lowest BCUT2D eigenvalue weighted by molar-refractivity contribution is -0.384. The number of nitrogens with zero attached hydrogens (tertiary/aromatic N) is 2. The molecule has 0 radical (unpaired) electrons. The summed E-state index contributed by atoms with van der Waals surface area (Å²) in [6, 6.07) is 13.2. The first-order chi connectivity index (χ1) is 12.0. The summed E-state index contributed by atoms with van der Waals surface area (Å²) in [7, 11) is 0. The Balaban J connectivity index is 1.76. The Kier molecular flexibility index (Phi) is 5.11. The monoisotopic (exact) mass is 372 g/mol. The van der Waals surface area contributed by atoms with Crippen LogP contribution in [0.25, 0.3) is 11.3 Å². The number of aromatic nitrogens is 1. The summed E-state index contributed by atoms with van der Waals surface area (Å²) in [5, 5.41) is 22.7. The molecule has 0 bridgehead atoms. The molecule has 0 aliphatic carbocycles. The Morgan fingerprint density at radius 1 is 1.24 bits per heavy atom. The molecule has 1 aromatic heterocycles. The standard InChI is InChI=1S/C17H12N2O4S2/c20-17(21)13-6-1-2-7-15(13)24-10-16-18-14(9-25-16)11-4-3-5-12(8-11)19(22)23/h1-9H,10H2,(H,20,21). The van der Waals surface area contributed by atoms with Crippen molar-refractivity contribution in [3.8, 4) is 11.3 Å². The maximum Gasteiger partial charge on any atom is 0.336 e. The van der Waals surface area contributed by atoms with Gasteiger partial charge in [-0.2, -0.15) is 0 Å². The van der Waals surface area contributed by atoms with Crippen molar-refractivity contribution in [2.45, 2.75) is 10.6 Å². The molecule has 0 saturated carbocycles. The van der Waals surface area contributed by atoms with Gasteiger partial charge in [0.2, 0.25) is 0 Å². The van der Waals surface area contributed by atoms with Gasteiger partial charge in [0.15, 0.2) is 0 Å². The Labute approximate surface area is 151 Å². The second kappa shape index (κ2) is 7.45. The first-order valence-corrected chi connectivity index (χ1v) is 9.05. The Bertz CT molecular complexity index is 940. The molecule has 0 amide bonds. The molecule has 0 spiro atoms. The average Bonchev–Trinajstić information content (AvgIpc) is 3.09. The molecule has 0 saturated heterocycles. The van der Waals surface area contributed by atoms with Crippen LogP contribution >= 0.6 is 23.1 Å². The minimum atomic E-state index is -0.959. The lowest BCUT2D eigenvalue weighted by Gasteiger charge is -2.03. The number of thioether (sulfide) groups is 1. The topological polar surface area (TPSA) is 93.3 Å². The highest BCUT2D eigenvalue weighted by Crippen LogP contribution is 2.30. The molecule has 8 heteroatoms. The second-order valence-corrected chi connectivity index (χ2v) is 6.98. The minimum absolute atomic E-state index is 0.0248. The molecule has 126 valence electrons. The summed E-state index contributed by atoms with van der Waals surface area (Å²) >= 11 is 2.85. The Morgan fingerprint density at radius 2 is 2.04 bits per heavy atom. The van der Waals surface area contributed by atoms with Crippen molar-refractivity contribution in [1.82, 2.24) is 4.98 Å². The summed E-state index contributed by atoms with van der Waals surface area (Å²) in [6.45, 7) is 0. The molecule has 1 heterocycles. The van der Waals surface area contributed by atoms with E-state index in [0.717, 1.165) is 5.01 Å². The maximum atomic E-state index is 11.2. The van der Waals surface area contributed by atoms with E-state index in [9.17, 15) is 20.0 Å². The van der Waals surface area contributed by atoms with E-state index in [-0.39, 0.29) is 11.3 Å². The van der Waals surface area contributed by atoms with E-state index in [4.69, 9.17) is 0 Å². The van der Waals surface area contributed by atoms with Crippen LogP contribution in [0.2, 0.25) is 0 Å². The van der Waals surface area contributed by atoms with E-state index in [2.05, 4.69) is 4.98 Å². The lowest BCUT2D eigenvalue weighted by atomic mass is 10.1. The predicted octanol–water partition coefficient (Wildman–Crippen LogP) is 4.71. The molecule has 3 rings (SSSR count). The van der Waals surface area contributed by atoms with Crippen molar-refractivity contribution in [2.24, 2.45) is 0 Å². The molecule has 0 aliphatic heterocycles. The number of carbonyl (C=O) groups is 1. The zero-order valence-electron chi connectivity index (χ0n) is 12.8. The van der Waals surface area contributed by atoms with Gasteiger partial charge in [0.1, 0.15) is 5.01 Å². The van der Waals surface area contributed by atoms with Crippen LogP contribution in [0, 0.1) is 10.1 Å². The molecule has 25 heavy (non-hydrogen) atoms. The molecule has 1 N–H and O–H groups in total. The number of non-ortho nitro benzene ring substituents is 1. The van der Waals surface area contributed by atoms with Gasteiger partial charge in [-0.1, -0.05) is 24.3 Å². The van der Waals surface area contributed by atoms with Gasteiger partial charge < -0.3 is 5.11 Å². The first kappa shape index (κ1) is 17.1. The highest BCUT2D eigenvalue weighted by molar-refractivity contribution is 7.98. The van der Waals surface area contributed by atoms with Crippen molar-refractivity contribution in [1.29, 1.82) is 0 Å². The molecule has 0 fully saturated rings. The zero-order valence-corrected chi connectivity index (χ0v) is 14.4. The smallest absolute Gasteiger partial charge is 0.336 e. The normalized spacial score (nSPS) is 10.6. The van der Waals surface area contributed by atoms with Gasteiger partial charge >= 0.3 is 5.97 Å². The third kappa shape index (κ3) is 4.04. The summed E-state index contributed by atoms with van der Waals surface area (Å²) in [5.74, 6) is -0.427. The molecule has 6 nitrogen and oxygen atoms in total. The Hall–Kier alpha value is -2.71. The lowest BCUT2D eigenvalue weighted by Crippen LogP contribution is -1.98. The highest BCUT2D eigenvalue weighted by atomic mass is 32.2. The summed E-state index contributed by atoms with van der Waals surface area (Å²) < 4.78 is 0. The number of benzene rings is 2. The van der Waals surface area contributed by atoms with Crippen LogP contribution in [0.4, 0.5) is 5.69 Å². The number of nitro benzene ring substituents is 1. The first-order valence-electron chi connectivity index (χ1n) is 7.19. The van der Waals surface area contributed by atoms with E-state index >= 15 is 0 Å². The number of aromatic carboxylic acids is 1. The molecule has 0 atom stereocenters. The molecular weight excluding hydrogens is 360 g/mol. The van der Waals surface area contributed by atoms with Crippen LogP contribution in [-0.2, 0) is 5.75 Å². The highest BCUT2D eigenvalue weighted by Gasteiger charge is 2.12. The number of carboxylic acids is 1. The number of hydrogen-bond donors (Lipinski definition) is 1. The third-order valence-electron chi connectivity index (χ3n) is 3.37. The van der Waals surface area contributed by atoms with Crippen LogP contribution in [0.15, 0.2) is 58.8 Å². The van der Waals surface area contributed by atoms with Crippen LogP contribution in [0.3, 0.4) is 0 Å². The van der Waals surface area contributed by atoms with Crippen molar-refractivity contribution >= 4 is 34.8 Å². The van der Waals surface area contributed by atoms with Gasteiger partial charge in [-0.05, 0) is 12.1 Å². The van der Waals surface area contributed by atoms with Gasteiger partial charge in [0.25, 0.3) is 5.69 Å². The quantitative estimate of drug-likeness (QED) is 0.383. The number of nitro groups is 1. The summed E-state index contributed by atoms with van der Waals surface area (Å²) in [4.78, 5) is 26.8. The largest absolute Gasteiger partial charge is 0.478 e. The predicted molar refractivity (Wildman–Crippen MR) is 97.2 cm³/mol. The number of rotatable bonds is 6. The second-order valence-electron chi connectivity index (χ2n) is 5.02. The van der Waals surface area contributed by atoms with Crippen molar-refractivity contribution in [3.63, 3.8) is 0 Å². The van der Waals surface area contributed by atoms with Gasteiger partial charge in [-0.3, -0.25) is 10.1 Å². The molecule has 3 aromatic rings. The Morgan fingerprint density at radius 3 is 2.80 bits per heavy atom. The number of hydrogen-bond acceptors (Lipinski definition) is 6. The van der Waals surface area contributed by atoms with Crippen molar-refractivity contribution < 1.29 is 14.8 Å². The SMILES string of the molecule is O=C(O)c1ccccc1SCc1nc(-c2cccc([N+](=O)[O-])c2)cs1. The fourth-order valence-electron chi connectivity index (χ4n) is 2.20. The molecular formula is C17H12N2O4S2. The fourth-order valence-corrected chi connectivity index (χ4v) is 4.06. The van der Waals surface area contributed by atoms with Crippen molar-refractivity contribution in [2.75, 3.05) is 0 Å². The maximum absolute atomic E-state index is 11.2. The average molecular weight is 372 g/mol. The van der Waals surface area contributed by atoms with Gasteiger partial charge in [0.05, 0.1) is 21.9 Å². The van der Waals surface area contributed by atoms with Gasteiger partial charge in [-0.15, -0.1) is 23.1 Å². The van der Waals surface area contributed by atoms with Crippen LogP contribution in [0.1, 0.15) is 15.4 Å². The van der Waals surface area contributed by atoms with Crippen LogP contribution in [-0.4, -0.2) is 21.0 Å². The van der Waals surface area contributed by atoms with Crippen LogP contribution in [0.5, 0.6) is 0 Å². The van der Waals surface area contributed by atoms with Gasteiger partial charge in [-0.25, -0.2) is 9.78 Å². The molecule has 2 aromatic carbocycles.